The SMILES string of the molecule is COc1ccc(F)c2c1C=NCC2(C)C. The number of aliphatic imine (C=N–C) groups is 1. The van der Waals surface area contributed by atoms with Crippen molar-refractivity contribution in [1.29, 1.82) is 0 Å². The fourth-order valence-electron chi connectivity index (χ4n) is 2.01. The van der Waals surface area contributed by atoms with E-state index in [2.05, 4.69) is 4.99 Å². The molecule has 1 aromatic rings. The van der Waals surface area contributed by atoms with E-state index in [0.29, 0.717) is 17.9 Å². The quantitative estimate of drug-likeness (QED) is 0.693. The Hall–Kier alpha value is -1.38. The molecule has 0 N–H and O–H groups in total. The van der Waals surface area contributed by atoms with Gasteiger partial charge in [-0.2, -0.15) is 0 Å². The van der Waals surface area contributed by atoms with Crippen LogP contribution < -0.4 is 4.74 Å². The average Bonchev–Trinajstić information content (AvgIpc) is 2.17. The second-order valence-electron chi connectivity index (χ2n) is 4.39. The number of methoxy groups -OCH3 is 1. The van der Waals surface area contributed by atoms with E-state index in [1.807, 2.05) is 13.8 Å². The van der Waals surface area contributed by atoms with Gasteiger partial charge in [-0.25, -0.2) is 4.39 Å². The standard InChI is InChI=1S/C12H14FNO/c1-12(2)7-14-6-8-10(15-3)5-4-9(13)11(8)12/h4-6H,7H2,1-3H3. The number of halogens is 1. The molecule has 0 saturated carbocycles. The van der Waals surface area contributed by atoms with Gasteiger partial charge in [0, 0.05) is 29.3 Å². The second kappa shape index (κ2) is 3.33. The summed E-state index contributed by atoms with van der Waals surface area (Å²) in [4.78, 5) is 4.25. The Kier molecular flexibility index (Phi) is 2.25. The lowest BCUT2D eigenvalue weighted by Crippen LogP contribution is -2.28. The Morgan fingerprint density at radius 2 is 2.13 bits per heavy atom. The summed E-state index contributed by atoms with van der Waals surface area (Å²) < 4.78 is 19.0. The van der Waals surface area contributed by atoms with Crippen molar-refractivity contribution < 1.29 is 9.13 Å². The summed E-state index contributed by atoms with van der Waals surface area (Å²) in [5.74, 6) is 0.505. The molecule has 0 aliphatic carbocycles. The minimum atomic E-state index is -0.261. The van der Waals surface area contributed by atoms with Gasteiger partial charge in [0.25, 0.3) is 0 Å². The van der Waals surface area contributed by atoms with Crippen LogP contribution in [0.2, 0.25) is 0 Å². The molecule has 0 amide bonds. The Balaban J connectivity index is 2.71. The molecule has 0 spiro atoms. The molecule has 0 atom stereocenters. The summed E-state index contributed by atoms with van der Waals surface area (Å²) in [6, 6.07) is 3.10. The van der Waals surface area contributed by atoms with Crippen LogP contribution >= 0.6 is 0 Å². The van der Waals surface area contributed by atoms with Crippen LogP contribution in [0.3, 0.4) is 0 Å². The van der Waals surface area contributed by atoms with Gasteiger partial charge in [0.05, 0.1) is 7.11 Å². The topological polar surface area (TPSA) is 21.6 Å². The van der Waals surface area contributed by atoms with Crippen LogP contribution in [0.25, 0.3) is 0 Å². The molecular weight excluding hydrogens is 193 g/mol. The van der Waals surface area contributed by atoms with Gasteiger partial charge in [0.2, 0.25) is 0 Å². The number of fused-ring (bicyclic) bond motifs is 1. The maximum Gasteiger partial charge on any atom is 0.128 e. The van der Waals surface area contributed by atoms with Gasteiger partial charge in [-0.1, -0.05) is 13.8 Å². The molecule has 1 aliphatic rings. The van der Waals surface area contributed by atoms with Crippen LogP contribution in [0.15, 0.2) is 17.1 Å². The zero-order chi connectivity index (χ0) is 11.1. The highest BCUT2D eigenvalue weighted by molar-refractivity contribution is 5.87. The van der Waals surface area contributed by atoms with E-state index in [9.17, 15) is 4.39 Å². The highest BCUT2D eigenvalue weighted by Crippen LogP contribution is 2.35. The highest BCUT2D eigenvalue weighted by Gasteiger charge is 2.30. The number of ether oxygens (including phenoxy) is 1. The van der Waals surface area contributed by atoms with Crippen molar-refractivity contribution in [2.45, 2.75) is 19.3 Å². The number of benzene rings is 1. The molecule has 1 aromatic carbocycles. The maximum absolute atomic E-state index is 13.8. The molecule has 0 fully saturated rings. The monoisotopic (exact) mass is 207 g/mol. The summed E-state index contributed by atoms with van der Waals surface area (Å²) in [6.45, 7) is 4.60. The van der Waals surface area contributed by atoms with Crippen molar-refractivity contribution in [2.24, 2.45) is 4.99 Å². The van der Waals surface area contributed by atoms with Crippen LogP contribution in [-0.2, 0) is 5.41 Å². The zero-order valence-corrected chi connectivity index (χ0v) is 9.17. The van der Waals surface area contributed by atoms with Crippen LogP contribution in [0, 0.1) is 5.82 Å². The first-order valence-electron chi connectivity index (χ1n) is 4.93. The van der Waals surface area contributed by atoms with E-state index in [0.717, 1.165) is 5.56 Å². The summed E-state index contributed by atoms with van der Waals surface area (Å²) in [5.41, 5.74) is 1.22. The normalized spacial score (nSPS) is 17.3. The summed E-state index contributed by atoms with van der Waals surface area (Å²) in [5, 5.41) is 0. The summed E-state index contributed by atoms with van der Waals surface area (Å²) in [6.07, 6.45) is 1.70. The first-order valence-corrected chi connectivity index (χ1v) is 4.93. The van der Waals surface area contributed by atoms with Gasteiger partial charge < -0.3 is 4.74 Å². The van der Waals surface area contributed by atoms with E-state index < -0.39 is 0 Å². The second-order valence-corrected chi connectivity index (χ2v) is 4.39. The van der Waals surface area contributed by atoms with Gasteiger partial charge in [0.1, 0.15) is 11.6 Å². The van der Waals surface area contributed by atoms with Crippen LogP contribution in [0.1, 0.15) is 25.0 Å². The fraction of sp³-hybridized carbons (Fsp3) is 0.417. The zero-order valence-electron chi connectivity index (χ0n) is 9.17. The molecule has 2 rings (SSSR count). The molecule has 0 saturated heterocycles. The fourth-order valence-corrected chi connectivity index (χ4v) is 2.01. The van der Waals surface area contributed by atoms with Crippen molar-refractivity contribution in [3.63, 3.8) is 0 Å². The third-order valence-electron chi connectivity index (χ3n) is 2.76. The molecule has 0 aromatic heterocycles. The molecule has 3 heteroatoms. The van der Waals surface area contributed by atoms with Crippen molar-refractivity contribution in [3.8, 4) is 5.75 Å². The molecule has 1 aliphatic heterocycles. The van der Waals surface area contributed by atoms with Crippen molar-refractivity contribution in [1.82, 2.24) is 0 Å². The summed E-state index contributed by atoms with van der Waals surface area (Å²) in [7, 11) is 1.59. The number of hydrogen-bond acceptors (Lipinski definition) is 2. The van der Waals surface area contributed by atoms with E-state index >= 15 is 0 Å². The Morgan fingerprint density at radius 1 is 1.40 bits per heavy atom. The van der Waals surface area contributed by atoms with Crippen molar-refractivity contribution in [3.05, 3.63) is 29.1 Å². The predicted octanol–water partition coefficient (Wildman–Crippen LogP) is 2.54. The van der Waals surface area contributed by atoms with E-state index in [1.54, 1.807) is 19.4 Å². The van der Waals surface area contributed by atoms with Gasteiger partial charge in [0.15, 0.2) is 0 Å². The minimum absolute atomic E-state index is 0.179. The first kappa shape index (κ1) is 10.1. The summed E-state index contributed by atoms with van der Waals surface area (Å²) >= 11 is 0. The van der Waals surface area contributed by atoms with Crippen LogP contribution in [0.4, 0.5) is 4.39 Å². The predicted molar refractivity (Wildman–Crippen MR) is 58.4 cm³/mol. The van der Waals surface area contributed by atoms with Crippen molar-refractivity contribution >= 4 is 6.21 Å². The molecule has 0 unspecified atom stereocenters. The van der Waals surface area contributed by atoms with Gasteiger partial charge in [-0.05, 0) is 12.1 Å². The molecule has 80 valence electrons. The van der Waals surface area contributed by atoms with Crippen molar-refractivity contribution in [2.75, 3.05) is 13.7 Å². The lowest BCUT2D eigenvalue weighted by atomic mass is 9.79. The molecule has 2 nitrogen and oxygen atoms in total. The van der Waals surface area contributed by atoms with Crippen LogP contribution in [0.5, 0.6) is 5.75 Å². The first-order chi connectivity index (χ1) is 7.06. The third-order valence-corrected chi connectivity index (χ3v) is 2.76. The number of hydrogen-bond donors (Lipinski definition) is 0. The number of nitrogens with zero attached hydrogens (tertiary/aromatic N) is 1. The lowest BCUT2D eigenvalue weighted by Gasteiger charge is -2.29. The van der Waals surface area contributed by atoms with E-state index in [4.69, 9.17) is 4.74 Å². The molecule has 1 heterocycles. The van der Waals surface area contributed by atoms with Gasteiger partial charge >= 0.3 is 0 Å². The highest BCUT2D eigenvalue weighted by atomic mass is 19.1. The average molecular weight is 207 g/mol. The smallest absolute Gasteiger partial charge is 0.128 e. The molecule has 15 heavy (non-hydrogen) atoms. The number of rotatable bonds is 1. The Labute approximate surface area is 88.8 Å². The van der Waals surface area contributed by atoms with Crippen LogP contribution in [-0.4, -0.2) is 19.9 Å². The largest absolute Gasteiger partial charge is 0.496 e. The third kappa shape index (κ3) is 1.52. The maximum atomic E-state index is 13.8. The Morgan fingerprint density at radius 3 is 2.80 bits per heavy atom. The molecular formula is C12H14FNO. The molecule has 0 bridgehead atoms. The molecule has 0 radical (unpaired) electrons. The van der Waals surface area contributed by atoms with E-state index in [1.165, 1.54) is 6.07 Å². The van der Waals surface area contributed by atoms with Gasteiger partial charge in [-0.3, -0.25) is 4.99 Å². The lowest BCUT2D eigenvalue weighted by molar-refractivity contribution is 0.406. The Bertz CT molecular complexity index is 424. The van der Waals surface area contributed by atoms with Gasteiger partial charge in [-0.15, -0.1) is 0 Å². The minimum Gasteiger partial charge on any atom is -0.496 e. The van der Waals surface area contributed by atoms with E-state index in [-0.39, 0.29) is 11.2 Å².